The summed E-state index contributed by atoms with van der Waals surface area (Å²) < 4.78 is 1.72. The highest BCUT2D eigenvalue weighted by molar-refractivity contribution is 14.0. The Morgan fingerprint density at radius 2 is 2.00 bits per heavy atom. The number of anilines is 2. The van der Waals surface area contributed by atoms with Crippen LogP contribution in [-0.2, 0) is 18.4 Å². The minimum absolute atomic E-state index is 0. The average Bonchev–Trinajstić information content (AvgIpc) is 3.23. The number of halogens is 1. The average molecular weight is 552 g/mol. The quantitative estimate of drug-likeness (QED) is 0.348. The Kier molecular flexibility index (Phi) is 8.71. The highest BCUT2D eigenvalue weighted by Gasteiger charge is 2.27. The second kappa shape index (κ2) is 11.5. The van der Waals surface area contributed by atoms with E-state index in [4.69, 9.17) is 4.99 Å². The fourth-order valence-electron chi connectivity index (χ4n) is 4.12. The topological polar surface area (TPSA) is 81.9 Å². The maximum absolute atomic E-state index is 12.8. The van der Waals surface area contributed by atoms with Gasteiger partial charge in [0.2, 0.25) is 5.91 Å². The Bertz CT molecular complexity index is 924. The standard InChI is InChI=1S/C22H32N8O.HI/c1-3-23-22(29-11-12-30(21(31)17-29)19-15-26-27(2)16-19)25-14-18-7-8-24-20(13-18)28-9-5-4-6-10-28;/h7-8,13,15-16H,3-6,9-12,14,17H2,1-2H3,(H,23,25);1H. The van der Waals surface area contributed by atoms with Crippen molar-refractivity contribution in [3.05, 3.63) is 36.3 Å². The lowest BCUT2D eigenvalue weighted by Gasteiger charge is -2.35. The molecule has 2 fully saturated rings. The Morgan fingerprint density at radius 3 is 2.69 bits per heavy atom. The van der Waals surface area contributed by atoms with Crippen molar-refractivity contribution in [3.8, 4) is 0 Å². The second-order valence-corrected chi connectivity index (χ2v) is 8.08. The Morgan fingerprint density at radius 1 is 1.19 bits per heavy atom. The Hall–Kier alpha value is -2.37. The van der Waals surface area contributed by atoms with E-state index in [0.29, 0.717) is 19.6 Å². The number of aryl methyl sites for hydroxylation is 1. The van der Waals surface area contributed by atoms with Crippen LogP contribution in [0.2, 0.25) is 0 Å². The summed E-state index contributed by atoms with van der Waals surface area (Å²) >= 11 is 0. The smallest absolute Gasteiger partial charge is 0.246 e. The summed E-state index contributed by atoms with van der Waals surface area (Å²) in [7, 11) is 1.86. The molecule has 0 spiro atoms. The van der Waals surface area contributed by atoms with Crippen LogP contribution >= 0.6 is 24.0 Å². The van der Waals surface area contributed by atoms with E-state index in [-0.39, 0.29) is 29.9 Å². The summed E-state index contributed by atoms with van der Waals surface area (Å²) in [5.41, 5.74) is 1.97. The first-order chi connectivity index (χ1) is 15.1. The number of aliphatic imine (C=N–C) groups is 1. The van der Waals surface area contributed by atoms with Gasteiger partial charge in [0.25, 0.3) is 0 Å². The van der Waals surface area contributed by atoms with Gasteiger partial charge in [-0.1, -0.05) is 0 Å². The van der Waals surface area contributed by atoms with Gasteiger partial charge in [-0.15, -0.1) is 24.0 Å². The first-order valence-corrected chi connectivity index (χ1v) is 11.2. The van der Waals surface area contributed by atoms with Crippen molar-refractivity contribution < 1.29 is 4.79 Å². The number of carbonyl (C=O) groups is 1. The van der Waals surface area contributed by atoms with Crippen molar-refractivity contribution >= 4 is 47.3 Å². The minimum Gasteiger partial charge on any atom is -0.357 e. The zero-order chi connectivity index (χ0) is 21.6. The van der Waals surface area contributed by atoms with Gasteiger partial charge in [-0.25, -0.2) is 9.98 Å². The highest BCUT2D eigenvalue weighted by atomic mass is 127. The molecule has 10 heteroatoms. The van der Waals surface area contributed by atoms with Gasteiger partial charge >= 0.3 is 0 Å². The van der Waals surface area contributed by atoms with Gasteiger partial charge in [0.05, 0.1) is 18.4 Å². The highest BCUT2D eigenvalue weighted by Crippen LogP contribution is 2.19. The van der Waals surface area contributed by atoms with E-state index in [1.54, 1.807) is 15.8 Å². The van der Waals surface area contributed by atoms with Crippen molar-refractivity contribution in [1.82, 2.24) is 25.0 Å². The molecule has 32 heavy (non-hydrogen) atoms. The van der Waals surface area contributed by atoms with Crippen molar-refractivity contribution in [2.24, 2.45) is 12.0 Å². The van der Waals surface area contributed by atoms with Gasteiger partial charge < -0.3 is 20.0 Å². The number of rotatable bonds is 5. The maximum atomic E-state index is 12.8. The normalized spacial score (nSPS) is 17.4. The number of nitrogens with one attached hydrogen (secondary N) is 1. The lowest BCUT2D eigenvalue weighted by Crippen LogP contribution is -2.55. The molecular weight excluding hydrogens is 519 g/mol. The largest absolute Gasteiger partial charge is 0.357 e. The molecule has 4 heterocycles. The number of piperazine rings is 1. The van der Waals surface area contributed by atoms with Gasteiger partial charge in [0.1, 0.15) is 12.4 Å². The third-order valence-electron chi connectivity index (χ3n) is 5.76. The number of guanidine groups is 1. The molecule has 0 atom stereocenters. The van der Waals surface area contributed by atoms with E-state index < -0.39 is 0 Å². The van der Waals surface area contributed by atoms with E-state index in [2.05, 4.69) is 26.4 Å². The molecular formula is C22H33IN8O. The summed E-state index contributed by atoms with van der Waals surface area (Å²) in [6, 6.07) is 4.16. The SMILES string of the molecule is CCNC(=NCc1ccnc(N2CCCCC2)c1)N1CCN(c2cnn(C)c2)C(=O)C1.I. The summed E-state index contributed by atoms with van der Waals surface area (Å²) in [5, 5.41) is 7.52. The minimum atomic E-state index is 0. The number of carbonyl (C=O) groups excluding carboxylic acids is 1. The van der Waals surface area contributed by atoms with Crippen molar-refractivity contribution in [3.63, 3.8) is 0 Å². The van der Waals surface area contributed by atoms with Crippen LogP contribution in [0.3, 0.4) is 0 Å². The van der Waals surface area contributed by atoms with Crippen LogP contribution in [0.1, 0.15) is 31.7 Å². The molecule has 0 unspecified atom stereocenters. The van der Waals surface area contributed by atoms with Crippen LogP contribution in [0, 0.1) is 0 Å². The molecule has 2 aliphatic rings. The number of hydrogen-bond donors (Lipinski definition) is 1. The van der Waals surface area contributed by atoms with Gasteiger partial charge in [-0.2, -0.15) is 5.10 Å². The lowest BCUT2D eigenvalue weighted by molar-refractivity contribution is -0.120. The van der Waals surface area contributed by atoms with Crippen LogP contribution in [-0.4, -0.2) is 70.8 Å². The molecule has 2 aromatic rings. The summed E-state index contributed by atoms with van der Waals surface area (Å²) in [6.07, 6.45) is 9.24. The third kappa shape index (κ3) is 5.90. The lowest BCUT2D eigenvalue weighted by atomic mass is 10.1. The molecule has 2 aromatic heterocycles. The van der Waals surface area contributed by atoms with Crippen LogP contribution in [0.15, 0.2) is 35.7 Å². The molecule has 1 amide bonds. The molecule has 2 aliphatic heterocycles. The zero-order valence-electron chi connectivity index (χ0n) is 18.9. The molecule has 0 bridgehead atoms. The molecule has 2 saturated heterocycles. The molecule has 174 valence electrons. The number of nitrogens with zero attached hydrogens (tertiary/aromatic N) is 7. The first-order valence-electron chi connectivity index (χ1n) is 11.2. The summed E-state index contributed by atoms with van der Waals surface area (Å²) in [5.74, 6) is 1.87. The van der Waals surface area contributed by atoms with Crippen LogP contribution in [0.25, 0.3) is 0 Å². The third-order valence-corrected chi connectivity index (χ3v) is 5.76. The number of pyridine rings is 1. The number of amides is 1. The zero-order valence-corrected chi connectivity index (χ0v) is 21.2. The molecule has 4 rings (SSSR count). The van der Waals surface area contributed by atoms with E-state index in [9.17, 15) is 4.79 Å². The van der Waals surface area contributed by atoms with Crippen molar-refractivity contribution in [2.45, 2.75) is 32.7 Å². The predicted octanol–water partition coefficient (Wildman–Crippen LogP) is 2.24. The summed E-state index contributed by atoms with van der Waals surface area (Å²) in [4.78, 5) is 28.3. The van der Waals surface area contributed by atoms with Gasteiger partial charge in [0.15, 0.2) is 5.96 Å². The maximum Gasteiger partial charge on any atom is 0.246 e. The number of aromatic nitrogens is 3. The van der Waals surface area contributed by atoms with Crippen LogP contribution in [0.4, 0.5) is 11.5 Å². The van der Waals surface area contributed by atoms with E-state index >= 15 is 0 Å². The molecule has 0 radical (unpaired) electrons. The molecule has 9 nitrogen and oxygen atoms in total. The fraction of sp³-hybridized carbons (Fsp3) is 0.545. The monoisotopic (exact) mass is 552 g/mol. The summed E-state index contributed by atoms with van der Waals surface area (Å²) in [6.45, 7) is 7.15. The van der Waals surface area contributed by atoms with Crippen molar-refractivity contribution in [2.75, 3.05) is 49.1 Å². The number of hydrogen-bond acceptors (Lipinski definition) is 5. The molecule has 1 N–H and O–H groups in total. The van der Waals surface area contributed by atoms with E-state index in [0.717, 1.165) is 49.2 Å². The van der Waals surface area contributed by atoms with Crippen molar-refractivity contribution in [1.29, 1.82) is 0 Å². The molecule has 0 saturated carbocycles. The molecule has 0 aromatic carbocycles. The van der Waals surface area contributed by atoms with E-state index in [1.165, 1.54) is 19.3 Å². The number of piperidine rings is 1. The van der Waals surface area contributed by atoms with E-state index in [1.807, 2.05) is 37.3 Å². The first kappa shape index (κ1) is 24.3. The molecule has 0 aliphatic carbocycles. The van der Waals surface area contributed by atoms with Gasteiger partial charge in [-0.3, -0.25) is 9.48 Å². The van der Waals surface area contributed by atoms with Gasteiger partial charge in [0, 0.05) is 52.2 Å². The van der Waals surface area contributed by atoms with Gasteiger partial charge in [-0.05, 0) is 43.9 Å². The second-order valence-electron chi connectivity index (χ2n) is 8.08. The predicted molar refractivity (Wildman–Crippen MR) is 138 cm³/mol. The Balaban J connectivity index is 0.00000289. The fourth-order valence-corrected chi connectivity index (χ4v) is 4.12. The Labute approximate surface area is 206 Å². The van der Waals surface area contributed by atoms with Crippen LogP contribution in [0.5, 0.6) is 0 Å². The van der Waals surface area contributed by atoms with Crippen LogP contribution < -0.4 is 15.1 Å².